The fourth-order valence-corrected chi connectivity index (χ4v) is 4.31. The molecule has 1 amide bonds. The van der Waals surface area contributed by atoms with E-state index in [1.807, 2.05) is 47.4 Å². The number of nitrogens with zero attached hydrogens (tertiary/aromatic N) is 2. The van der Waals surface area contributed by atoms with Crippen molar-refractivity contribution in [1.82, 2.24) is 10.2 Å². The Balaban J connectivity index is 1.42. The number of aliphatic hydroxyl groups excluding tert-OH is 1. The number of aliphatic imine (C=N–C) groups is 1. The maximum Gasteiger partial charge on any atom is 0.249 e. The van der Waals surface area contributed by atoms with Gasteiger partial charge in [-0.1, -0.05) is 61.2 Å². The summed E-state index contributed by atoms with van der Waals surface area (Å²) in [5.41, 5.74) is 2.77. The smallest absolute Gasteiger partial charge is 0.249 e. The van der Waals surface area contributed by atoms with Crippen molar-refractivity contribution in [3.05, 3.63) is 58.6 Å². The van der Waals surface area contributed by atoms with Crippen LogP contribution in [-0.4, -0.2) is 41.1 Å². The van der Waals surface area contributed by atoms with E-state index in [2.05, 4.69) is 10.3 Å². The van der Waals surface area contributed by atoms with Gasteiger partial charge in [-0.05, 0) is 30.5 Å². The van der Waals surface area contributed by atoms with Crippen LogP contribution in [0.4, 0.5) is 5.69 Å². The first-order valence-corrected chi connectivity index (χ1v) is 11.3. The Kier molecular flexibility index (Phi) is 7.10. The molecule has 2 heterocycles. The van der Waals surface area contributed by atoms with Crippen LogP contribution >= 0.6 is 11.6 Å². The highest BCUT2D eigenvalue weighted by Crippen LogP contribution is 2.39. The standard InChI is InChI=1S/C24H28ClN3O3/c25-22-18-16-28-20(15-17-9-5-4-6-10-17)23(30)27-24(28)26-19(18)11-12-21(22)31-14-8-3-1-2-7-13-29/h4-6,9-12,20,29H,1-3,7-8,13-16H2,(H,26,27,30). The van der Waals surface area contributed by atoms with Crippen LogP contribution in [-0.2, 0) is 17.8 Å². The van der Waals surface area contributed by atoms with E-state index in [9.17, 15) is 4.79 Å². The molecule has 6 nitrogen and oxygen atoms in total. The number of carbonyl (C=O) groups excluding carboxylic acids is 1. The molecule has 7 heteroatoms. The minimum absolute atomic E-state index is 0.0378. The quantitative estimate of drug-likeness (QED) is 0.542. The van der Waals surface area contributed by atoms with E-state index in [1.54, 1.807) is 0 Å². The zero-order valence-corrected chi connectivity index (χ0v) is 18.3. The average Bonchev–Trinajstić information content (AvgIpc) is 3.08. The van der Waals surface area contributed by atoms with Crippen molar-refractivity contribution in [1.29, 1.82) is 0 Å². The average molecular weight is 442 g/mol. The second-order valence-electron chi connectivity index (χ2n) is 7.97. The largest absolute Gasteiger partial charge is 0.492 e. The lowest BCUT2D eigenvalue weighted by atomic mass is 10.0. The fraction of sp³-hybridized carbons (Fsp3) is 0.417. The number of carbonyl (C=O) groups is 1. The third kappa shape index (κ3) is 5.02. The molecular weight excluding hydrogens is 414 g/mol. The lowest BCUT2D eigenvalue weighted by molar-refractivity contribution is -0.121. The Morgan fingerprint density at radius 1 is 1.10 bits per heavy atom. The highest BCUT2D eigenvalue weighted by atomic mass is 35.5. The van der Waals surface area contributed by atoms with Crippen molar-refractivity contribution in [2.45, 2.75) is 51.1 Å². The Morgan fingerprint density at radius 2 is 1.87 bits per heavy atom. The molecule has 1 unspecified atom stereocenters. The van der Waals surface area contributed by atoms with Crippen LogP contribution in [0.1, 0.15) is 43.2 Å². The van der Waals surface area contributed by atoms with Gasteiger partial charge >= 0.3 is 0 Å². The van der Waals surface area contributed by atoms with Crippen LogP contribution in [0.25, 0.3) is 0 Å². The van der Waals surface area contributed by atoms with E-state index in [-0.39, 0.29) is 18.6 Å². The Morgan fingerprint density at radius 3 is 2.68 bits per heavy atom. The minimum Gasteiger partial charge on any atom is -0.492 e. The topological polar surface area (TPSA) is 74.2 Å². The molecule has 164 valence electrons. The van der Waals surface area contributed by atoms with Gasteiger partial charge in [-0.25, -0.2) is 4.99 Å². The first kappa shape index (κ1) is 21.7. The van der Waals surface area contributed by atoms with Crippen LogP contribution in [0.3, 0.4) is 0 Å². The molecule has 0 spiro atoms. The summed E-state index contributed by atoms with van der Waals surface area (Å²) >= 11 is 6.69. The van der Waals surface area contributed by atoms with Crippen LogP contribution in [0.15, 0.2) is 47.5 Å². The highest BCUT2D eigenvalue weighted by molar-refractivity contribution is 6.33. The van der Waals surface area contributed by atoms with Crippen LogP contribution in [0.5, 0.6) is 5.75 Å². The van der Waals surface area contributed by atoms with Crippen LogP contribution in [0.2, 0.25) is 5.02 Å². The van der Waals surface area contributed by atoms with Gasteiger partial charge in [0.1, 0.15) is 11.8 Å². The summed E-state index contributed by atoms with van der Waals surface area (Å²) in [7, 11) is 0. The zero-order chi connectivity index (χ0) is 21.6. The molecule has 1 atom stereocenters. The summed E-state index contributed by atoms with van der Waals surface area (Å²) in [5, 5.41) is 12.3. The number of fused-ring (bicyclic) bond motifs is 2. The first-order valence-electron chi connectivity index (χ1n) is 10.9. The van der Waals surface area contributed by atoms with Gasteiger partial charge in [0.15, 0.2) is 0 Å². The Hall–Kier alpha value is -2.57. The summed E-state index contributed by atoms with van der Waals surface area (Å²) in [5.74, 6) is 1.21. The number of nitrogens with one attached hydrogen (secondary N) is 1. The maximum absolute atomic E-state index is 12.6. The van der Waals surface area contributed by atoms with Gasteiger partial charge in [-0.15, -0.1) is 0 Å². The minimum atomic E-state index is -0.311. The SMILES string of the molecule is O=C1NC2=Nc3ccc(OCCCCCCCO)c(Cl)c3CN2C1Cc1ccccc1. The summed E-state index contributed by atoms with van der Waals surface area (Å²) in [6.07, 6.45) is 5.63. The molecule has 0 bridgehead atoms. The number of hydrogen-bond donors (Lipinski definition) is 2. The monoisotopic (exact) mass is 441 g/mol. The van der Waals surface area contributed by atoms with Crippen molar-refractivity contribution in [2.75, 3.05) is 13.2 Å². The van der Waals surface area contributed by atoms with Gasteiger partial charge in [0, 0.05) is 18.6 Å². The van der Waals surface area contributed by atoms with Crippen LogP contribution in [0, 0.1) is 0 Å². The van der Waals surface area contributed by atoms with Crippen molar-refractivity contribution < 1.29 is 14.6 Å². The summed E-state index contributed by atoms with van der Waals surface area (Å²) in [6, 6.07) is 13.4. The van der Waals surface area contributed by atoms with E-state index in [1.165, 1.54) is 0 Å². The van der Waals surface area contributed by atoms with Gasteiger partial charge in [0.2, 0.25) is 11.9 Å². The third-order valence-corrected chi connectivity index (χ3v) is 6.17. The van der Waals surface area contributed by atoms with E-state index >= 15 is 0 Å². The number of benzene rings is 2. The predicted molar refractivity (Wildman–Crippen MR) is 122 cm³/mol. The number of guanidine groups is 1. The van der Waals surface area contributed by atoms with Gasteiger partial charge in [0.05, 0.1) is 23.9 Å². The second-order valence-corrected chi connectivity index (χ2v) is 8.35. The molecule has 0 radical (unpaired) electrons. The van der Waals surface area contributed by atoms with Crippen molar-refractivity contribution >= 4 is 29.2 Å². The predicted octanol–water partition coefficient (Wildman–Crippen LogP) is 4.21. The fourth-order valence-electron chi connectivity index (χ4n) is 4.04. The van der Waals surface area contributed by atoms with Gasteiger partial charge in [0.25, 0.3) is 0 Å². The number of rotatable bonds is 10. The number of amides is 1. The maximum atomic E-state index is 12.6. The van der Waals surface area contributed by atoms with Crippen molar-refractivity contribution in [3.8, 4) is 5.75 Å². The van der Waals surface area contributed by atoms with E-state index in [4.69, 9.17) is 21.4 Å². The van der Waals surface area contributed by atoms with E-state index in [0.29, 0.717) is 36.3 Å². The van der Waals surface area contributed by atoms with E-state index < -0.39 is 0 Å². The van der Waals surface area contributed by atoms with Gasteiger partial charge < -0.3 is 14.7 Å². The third-order valence-electron chi connectivity index (χ3n) is 5.76. The molecule has 0 aromatic heterocycles. The molecule has 0 aliphatic carbocycles. The molecule has 31 heavy (non-hydrogen) atoms. The molecule has 1 fully saturated rings. The Labute approximate surface area is 187 Å². The number of unbranched alkanes of at least 4 members (excludes halogenated alkanes) is 4. The summed E-state index contributed by atoms with van der Waals surface area (Å²) in [6.45, 7) is 1.38. The number of halogens is 1. The Bertz CT molecular complexity index is 949. The lowest BCUT2D eigenvalue weighted by Crippen LogP contribution is -2.38. The number of hydrogen-bond acceptors (Lipinski definition) is 5. The highest BCUT2D eigenvalue weighted by Gasteiger charge is 2.39. The number of ether oxygens (including phenoxy) is 1. The molecule has 2 aliphatic rings. The molecule has 2 aliphatic heterocycles. The molecule has 1 saturated heterocycles. The van der Waals surface area contributed by atoms with E-state index in [0.717, 1.165) is 48.9 Å². The summed E-state index contributed by atoms with van der Waals surface area (Å²) < 4.78 is 5.93. The van der Waals surface area contributed by atoms with Gasteiger partial charge in [-0.2, -0.15) is 0 Å². The van der Waals surface area contributed by atoms with Crippen LogP contribution < -0.4 is 10.1 Å². The lowest BCUT2D eigenvalue weighted by Gasteiger charge is -2.29. The summed E-state index contributed by atoms with van der Waals surface area (Å²) in [4.78, 5) is 19.2. The van der Waals surface area contributed by atoms with Crippen molar-refractivity contribution in [2.24, 2.45) is 4.99 Å². The molecule has 0 saturated carbocycles. The zero-order valence-electron chi connectivity index (χ0n) is 17.5. The molecular formula is C24H28ClN3O3. The molecule has 2 aromatic carbocycles. The number of aliphatic hydroxyl groups is 1. The molecule has 4 rings (SSSR count). The normalized spacial score (nSPS) is 17.1. The molecule has 2 N–H and O–H groups in total. The van der Waals surface area contributed by atoms with Gasteiger partial charge in [-0.3, -0.25) is 10.1 Å². The first-order chi connectivity index (χ1) is 15.2. The molecule has 2 aromatic rings. The van der Waals surface area contributed by atoms with Crippen molar-refractivity contribution in [3.63, 3.8) is 0 Å². The second kappa shape index (κ2) is 10.2.